The summed E-state index contributed by atoms with van der Waals surface area (Å²) >= 11 is 0. The van der Waals surface area contributed by atoms with E-state index in [0.29, 0.717) is 32.2 Å². The number of rotatable bonds is 4. The first-order chi connectivity index (χ1) is 9.59. The minimum absolute atomic E-state index is 0.0341. The van der Waals surface area contributed by atoms with Gasteiger partial charge in [0.05, 0.1) is 13.2 Å². The molecule has 1 unspecified atom stereocenters. The van der Waals surface area contributed by atoms with Gasteiger partial charge in [-0.2, -0.15) is 0 Å². The minimum Gasteiger partial charge on any atom is -0.481 e. The number of para-hydroxylation sites is 1. The van der Waals surface area contributed by atoms with Gasteiger partial charge in [0.25, 0.3) is 5.91 Å². The molecule has 1 heterocycles. The summed E-state index contributed by atoms with van der Waals surface area (Å²) in [6.45, 7) is 8.58. The SMILES string of the molecule is CC(Oc1ccccc1C(C)C)C(=O)N1CCOCC1. The predicted molar refractivity (Wildman–Crippen MR) is 78.0 cm³/mol. The number of benzene rings is 1. The molecule has 0 radical (unpaired) electrons. The molecule has 20 heavy (non-hydrogen) atoms. The second-order valence-corrected chi connectivity index (χ2v) is 5.39. The van der Waals surface area contributed by atoms with Crippen molar-refractivity contribution in [1.82, 2.24) is 4.90 Å². The van der Waals surface area contributed by atoms with E-state index in [2.05, 4.69) is 13.8 Å². The predicted octanol–water partition coefficient (Wildman–Crippen LogP) is 2.44. The molecule has 1 aromatic carbocycles. The molecule has 2 rings (SSSR count). The summed E-state index contributed by atoms with van der Waals surface area (Å²) in [5, 5.41) is 0. The van der Waals surface area contributed by atoms with Crippen molar-refractivity contribution in [3.05, 3.63) is 29.8 Å². The van der Waals surface area contributed by atoms with E-state index in [4.69, 9.17) is 9.47 Å². The quantitative estimate of drug-likeness (QED) is 0.848. The van der Waals surface area contributed by atoms with E-state index >= 15 is 0 Å². The van der Waals surface area contributed by atoms with Gasteiger partial charge in [-0.3, -0.25) is 4.79 Å². The molecule has 1 saturated heterocycles. The third-order valence-corrected chi connectivity index (χ3v) is 3.52. The zero-order valence-corrected chi connectivity index (χ0v) is 12.5. The fourth-order valence-corrected chi connectivity index (χ4v) is 2.35. The lowest BCUT2D eigenvalue weighted by atomic mass is 10.0. The smallest absolute Gasteiger partial charge is 0.263 e. The van der Waals surface area contributed by atoms with Crippen molar-refractivity contribution in [3.63, 3.8) is 0 Å². The molecule has 1 aliphatic rings. The van der Waals surface area contributed by atoms with Crippen molar-refractivity contribution >= 4 is 5.91 Å². The summed E-state index contributed by atoms with van der Waals surface area (Å²) in [5.41, 5.74) is 1.13. The molecule has 0 N–H and O–H groups in total. The molecule has 4 heteroatoms. The standard InChI is InChI=1S/C16H23NO3/c1-12(2)14-6-4-5-7-15(14)20-13(3)16(18)17-8-10-19-11-9-17/h4-7,12-13H,8-11H2,1-3H3. The summed E-state index contributed by atoms with van der Waals surface area (Å²) < 4.78 is 11.2. The number of carbonyl (C=O) groups is 1. The van der Waals surface area contributed by atoms with Crippen molar-refractivity contribution in [2.45, 2.75) is 32.8 Å². The van der Waals surface area contributed by atoms with E-state index in [1.165, 1.54) is 0 Å². The van der Waals surface area contributed by atoms with Gasteiger partial charge in [-0.05, 0) is 24.5 Å². The Balaban J connectivity index is 2.03. The van der Waals surface area contributed by atoms with Crippen LogP contribution in [-0.2, 0) is 9.53 Å². The van der Waals surface area contributed by atoms with Crippen LogP contribution in [0, 0.1) is 0 Å². The molecule has 1 aliphatic heterocycles. The van der Waals surface area contributed by atoms with Crippen molar-refractivity contribution in [1.29, 1.82) is 0 Å². The number of ether oxygens (including phenoxy) is 2. The van der Waals surface area contributed by atoms with Crippen LogP contribution in [0.5, 0.6) is 5.75 Å². The molecule has 0 bridgehead atoms. The van der Waals surface area contributed by atoms with Crippen LogP contribution < -0.4 is 4.74 Å². The van der Waals surface area contributed by atoms with Crippen LogP contribution >= 0.6 is 0 Å². The van der Waals surface area contributed by atoms with E-state index in [-0.39, 0.29) is 5.91 Å². The fourth-order valence-electron chi connectivity index (χ4n) is 2.35. The number of carbonyl (C=O) groups excluding carboxylic acids is 1. The number of hydrogen-bond acceptors (Lipinski definition) is 3. The highest BCUT2D eigenvalue weighted by atomic mass is 16.5. The first-order valence-corrected chi connectivity index (χ1v) is 7.21. The summed E-state index contributed by atoms with van der Waals surface area (Å²) in [4.78, 5) is 14.1. The van der Waals surface area contributed by atoms with Gasteiger partial charge in [0, 0.05) is 13.1 Å². The van der Waals surface area contributed by atoms with Gasteiger partial charge in [-0.1, -0.05) is 32.0 Å². The van der Waals surface area contributed by atoms with Gasteiger partial charge in [-0.15, -0.1) is 0 Å². The fraction of sp³-hybridized carbons (Fsp3) is 0.562. The Labute approximate surface area is 120 Å². The third kappa shape index (κ3) is 3.51. The first kappa shape index (κ1) is 14.9. The Morgan fingerprint density at radius 1 is 1.20 bits per heavy atom. The van der Waals surface area contributed by atoms with E-state index in [1.54, 1.807) is 0 Å². The van der Waals surface area contributed by atoms with Crippen LogP contribution in [0.25, 0.3) is 0 Å². The van der Waals surface area contributed by atoms with Gasteiger partial charge >= 0.3 is 0 Å². The lowest BCUT2D eigenvalue weighted by Crippen LogP contribution is -2.46. The van der Waals surface area contributed by atoms with Crippen LogP contribution in [0.1, 0.15) is 32.3 Å². The van der Waals surface area contributed by atoms with Gasteiger partial charge in [-0.25, -0.2) is 0 Å². The topological polar surface area (TPSA) is 38.8 Å². The van der Waals surface area contributed by atoms with Crippen molar-refractivity contribution < 1.29 is 14.3 Å². The van der Waals surface area contributed by atoms with Crippen LogP contribution in [0.15, 0.2) is 24.3 Å². The van der Waals surface area contributed by atoms with Crippen molar-refractivity contribution in [2.24, 2.45) is 0 Å². The summed E-state index contributed by atoms with van der Waals surface area (Å²) in [6.07, 6.45) is -0.465. The Hall–Kier alpha value is -1.55. The lowest BCUT2D eigenvalue weighted by molar-refractivity contribution is -0.142. The average Bonchev–Trinajstić information content (AvgIpc) is 2.47. The van der Waals surface area contributed by atoms with Crippen molar-refractivity contribution in [3.8, 4) is 5.75 Å². The molecule has 1 amide bonds. The maximum absolute atomic E-state index is 12.3. The Kier molecular flexibility index (Phi) is 5.01. The minimum atomic E-state index is -0.465. The van der Waals surface area contributed by atoms with E-state index in [0.717, 1.165) is 11.3 Å². The monoisotopic (exact) mass is 277 g/mol. The second-order valence-electron chi connectivity index (χ2n) is 5.39. The van der Waals surface area contributed by atoms with Crippen LogP contribution in [-0.4, -0.2) is 43.2 Å². The maximum Gasteiger partial charge on any atom is 0.263 e. The zero-order valence-electron chi connectivity index (χ0n) is 12.5. The molecule has 0 aliphatic carbocycles. The molecular weight excluding hydrogens is 254 g/mol. The molecule has 1 aromatic rings. The average molecular weight is 277 g/mol. The molecule has 4 nitrogen and oxygen atoms in total. The Bertz CT molecular complexity index is 453. The summed E-state index contributed by atoms with van der Waals surface area (Å²) in [7, 11) is 0. The highest BCUT2D eigenvalue weighted by molar-refractivity contribution is 5.81. The van der Waals surface area contributed by atoms with Crippen molar-refractivity contribution in [2.75, 3.05) is 26.3 Å². The third-order valence-electron chi connectivity index (χ3n) is 3.52. The Morgan fingerprint density at radius 2 is 1.85 bits per heavy atom. The highest BCUT2D eigenvalue weighted by Crippen LogP contribution is 2.26. The van der Waals surface area contributed by atoms with Gasteiger partial charge in [0.15, 0.2) is 6.10 Å². The first-order valence-electron chi connectivity index (χ1n) is 7.21. The highest BCUT2D eigenvalue weighted by Gasteiger charge is 2.24. The summed E-state index contributed by atoms with van der Waals surface area (Å²) in [5.74, 6) is 1.21. The molecule has 110 valence electrons. The Morgan fingerprint density at radius 3 is 2.50 bits per heavy atom. The lowest BCUT2D eigenvalue weighted by Gasteiger charge is -2.29. The zero-order chi connectivity index (χ0) is 14.5. The van der Waals surface area contributed by atoms with E-state index in [9.17, 15) is 4.79 Å². The number of nitrogens with zero attached hydrogens (tertiary/aromatic N) is 1. The van der Waals surface area contributed by atoms with Gasteiger partial charge in [0.2, 0.25) is 0 Å². The van der Waals surface area contributed by atoms with Gasteiger partial charge < -0.3 is 14.4 Å². The molecule has 0 aromatic heterocycles. The number of amides is 1. The molecule has 1 fully saturated rings. The van der Waals surface area contributed by atoms with Crippen LogP contribution in [0.2, 0.25) is 0 Å². The number of hydrogen-bond donors (Lipinski definition) is 0. The number of morpholine rings is 1. The normalized spacial score (nSPS) is 17.1. The van der Waals surface area contributed by atoms with Crippen LogP contribution in [0.4, 0.5) is 0 Å². The molecule has 1 atom stereocenters. The van der Waals surface area contributed by atoms with E-state index in [1.807, 2.05) is 36.1 Å². The largest absolute Gasteiger partial charge is 0.481 e. The molecule has 0 saturated carbocycles. The maximum atomic E-state index is 12.3. The van der Waals surface area contributed by atoms with Crippen LogP contribution in [0.3, 0.4) is 0 Å². The molecule has 0 spiro atoms. The van der Waals surface area contributed by atoms with E-state index < -0.39 is 6.10 Å². The summed E-state index contributed by atoms with van der Waals surface area (Å²) in [6, 6.07) is 7.91. The molecular formula is C16H23NO3. The second kappa shape index (κ2) is 6.75. The van der Waals surface area contributed by atoms with Gasteiger partial charge in [0.1, 0.15) is 5.75 Å².